The number of allylic oxidation sites excluding steroid dienone is 1. The SMILES string of the molecule is CC1=C(C(=O)Nc2cccc(C)c2)C(c2c(O)ccc3ccccc23)NC(=S)N1. The largest absolute Gasteiger partial charge is 0.508 e. The molecule has 6 heteroatoms. The lowest BCUT2D eigenvalue weighted by Crippen LogP contribution is -2.45. The van der Waals surface area contributed by atoms with Crippen LogP contribution in [-0.4, -0.2) is 16.1 Å². The Bertz CT molecular complexity index is 1170. The first kappa shape index (κ1) is 19.0. The van der Waals surface area contributed by atoms with E-state index < -0.39 is 6.04 Å². The van der Waals surface area contributed by atoms with Gasteiger partial charge in [0, 0.05) is 16.9 Å². The first-order valence-corrected chi connectivity index (χ1v) is 9.72. The zero-order valence-corrected chi connectivity index (χ0v) is 16.9. The lowest BCUT2D eigenvalue weighted by atomic mass is 9.90. The second-order valence-corrected chi connectivity index (χ2v) is 7.52. The van der Waals surface area contributed by atoms with Gasteiger partial charge in [0.15, 0.2) is 5.11 Å². The quantitative estimate of drug-likeness (QED) is 0.491. The molecule has 4 N–H and O–H groups in total. The third-order valence-corrected chi connectivity index (χ3v) is 5.25. The van der Waals surface area contributed by atoms with Gasteiger partial charge in [-0.2, -0.15) is 0 Å². The number of rotatable bonds is 3. The van der Waals surface area contributed by atoms with Gasteiger partial charge in [-0.25, -0.2) is 0 Å². The van der Waals surface area contributed by atoms with Crippen LogP contribution >= 0.6 is 12.2 Å². The van der Waals surface area contributed by atoms with Crippen molar-refractivity contribution in [3.63, 3.8) is 0 Å². The molecule has 3 aromatic carbocycles. The molecule has 0 aromatic heterocycles. The number of hydrogen-bond donors (Lipinski definition) is 4. The molecule has 1 unspecified atom stereocenters. The van der Waals surface area contributed by atoms with Crippen molar-refractivity contribution < 1.29 is 9.90 Å². The third kappa shape index (κ3) is 3.67. The third-order valence-electron chi connectivity index (χ3n) is 5.03. The molecule has 3 aromatic rings. The van der Waals surface area contributed by atoms with E-state index in [0.29, 0.717) is 27.6 Å². The lowest BCUT2D eigenvalue weighted by Gasteiger charge is -2.31. The maximum Gasteiger partial charge on any atom is 0.255 e. The number of nitrogens with one attached hydrogen (secondary N) is 3. The van der Waals surface area contributed by atoms with Crippen LogP contribution in [0.25, 0.3) is 10.8 Å². The summed E-state index contributed by atoms with van der Waals surface area (Å²) in [5.41, 5.74) is 3.52. The lowest BCUT2D eigenvalue weighted by molar-refractivity contribution is -0.113. The summed E-state index contributed by atoms with van der Waals surface area (Å²) in [6.07, 6.45) is 0. The first-order valence-electron chi connectivity index (χ1n) is 9.31. The number of fused-ring (bicyclic) bond motifs is 1. The first-order chi connectivity index (χ1) is 13.9. The summed E-state index contributed by atoms with van der Waals surface area (Å²) in [6, 6.07) is 18.3. The highest BCUT2D eigenvalue weighted by atomic mass is 32.1. The van der Waals surface area contributed by atoms with Gasteiger partial charge < -0.3 is 21.1 Å². The van der Waals surface area contributed by atoms with E-state index in [4.69, 9.17) is 12.2 Å². The maximum absolute atomic E-state index is 13.3. The van der Waals surface area contributed by atoms with E-state index in [1.165, 1.54) is 0 Å². The van der Waals surface area contributed by atoms with Crippen LogP contribution in [0, 0.1) is 6.92 Å². The number of phenols is 1. The summed E-state index contributed by atoms with van der Waals surface area (Å²) in [5, 5.41) is 22.1. The van der Waals surface area contributed by atoms with Gasteiger partial charge in [0.1, 0.15) is 5.75 Å². The smallest absolute Gasteiger partial charge is 0.255 e. The van der Waals surface area contributed by atoms with Crippen LogP contribution in [0.3, 0.4) is 0 Å². The number of phenolic OH excluding ortho intramolecular Hbond substituents is 1. The topological polar surface area (TPSA) is 73.4 Å². The van der Waals surface area contributed by atoms with Crippen molar-refractivity contribution in [3.8, 4) is 5.75 Å². The molecule has 1 atom stereocenters. The summed E-state index contributed by atoms with van der Waals surface area (Å²) in [6.45, 7) is 3.78. The van der Waals surface area contributed by atoms with Gasteiger partial charge in [-0.1, -0.05) is 42.5 Å². The molecule has 5 nitrogen and oxygen atoms in total. The minimum Gasteiger partial charge on any atom is -0.508 e. The molecule has 0 spiro atoms. The zero-order valence-electron chi connectivity index (χ0n) is 16.1. The summed E-state index contributed by atoms with van der Waals surface area (Å²) in [5.74, 6) is -0.146. The molecule has 1 aliphatic rings. The molecule has 146 valence electrons. The van der Waals surface area contributed by atoms with Crippen LogP contribution in [0.5, 0.6) is 5.75 Å². The molecule has 29 heavy (non-hydrogen) atoms. The predicted molar refractivity (Wildman–Crippen MR) is 120 cm³/mol. The number of thiocarbonyl (C=S) groups is 1. The normalized spacial score (nSPS) is 16.3. The average Bonchev–Trinajstić information content (AvgIpc) is 2.67. The fourth-order valence-electron chi connectivity index (χ4n) is 3.72. The van der Waals surface area contributed by atoms with Gasteiger partial charge >= 0.3 is 0 Å². The van der Waals surface area contributed by atoms with Gasteiger partial charge in [0.25, 0.3) is 5.91 Å². The van der Waals surface area contributed by atoms with Gasteiger partial charge in [-0.15, -0.1) is 0 Å². The molecule has 0 radical (unpaired) electrons. The molecule has 0 saturated heterocycles. The van der Waals surface area contributed by atoms with Gasteiger partial charge in [-0.3, -0.25) is 4.79 Å². The van der Waals surface area contributed by atoms with E-state index in [-0.39, 0.29) is 11.7 Å². The number of anilines is 1. The summed E-state index contributed by atoms with van der Waals surface area (Å²) in [4.78, 5) is 13.3. The van der Waals surface area contributed by atoms with Crippen molar-refractivity contribution in [2.75, 3.05) is 5.32 Å². The second-order valence-electron chi connectivity index (χ2n) is 7.11. The number of aromatic hydroxyl groups is 1. The Morgan fingerprint density at radius 1 is 1.07 bits per heavy atom. The Hall–Kier alpha value is -3.38. The van der Waals surface area contributed by atoms with E-state index in [1.807, 2.05) is 68.4 Å². The fourth-order valence-corrected chi connectivity index (χ4v) is 3.99. The molecule has 4 rings (SSSR count). The molecule has 0 aliphatic carbocycles. The molecule has 0 fully saturated rings. The average molecular weight is 404 g/mol. The molecule has 1 aliphatic heterocycles. The van der Waals surface area contributed by atoms with Crippen LogP contribution in [0.1, 0.15) is 24.1 Å². The van der Waals surface area contributed by atoms with Crippen LogP contribution < -0.4 is 16.0 Å². The molecular formula is C23H21N3O2S. The summed E-state index contributed by atoms with van der Waals surface area (Å²) in [7, 11) is 0. The van der Waals surface area contributed by atoms with Crippen molar-refractivity contribution in [2.24, 2.45) is 0 Å². The number of carbonyl (C=O) groups excluding carboxylic acids is 1. The minimum atomic E-state index is -0.584. The summed E-state index contributed by atoms with van der Waals surface area (Å²) < 4.78 is 0. The highest BCUT2D eigenvalue weighted by molar-refractivity contribution is 7.80. The van der Waals surface area contributed by atoms with Gasteiger partial charge in [0.05, 0.1) is 11.6 Å². The van der Waals surface area contributed by atoms with Crippen molar-refractivity contribution in [3.05, 3.63) is 83.1 Å². The zero-order chi connectivity index (χ0) is 20.5. The van der Waals surface area contributed by atoms with Crippen molar-refractivity contribution in [1.29, 1.82) is 0 Å². The Kier molecular flexibility index (Phi) is 4.94. The Labute approximate surface area is 174 Å². The van der Waals surface area contributed by atoms with E-state index in [9.17, 15) is 9.90 Å². The highest BCUT2D eigenvalue weighted by Gasteiger charge is 2.32. The monoisotopic (exact) mass is 403 g/mol. The fraction of sp³-hybridized carbons (Fsp3) is 0.130. The molecule has 0 bridgehead atoms. The van der Waals surface area contributed by atoms with Crippen molar-refractivity contribution in [2.45, 2.75) is 19.9 Å². The van der Waals surface area contributed by atoms with Crippen molar-refractivity contribution in [1.82, 2.24) is 10.6 Å². The molecular weight excluding hydrogens is 382 g/mol. The number of benzene rings is 3. The molecule has 1 amide bonds. The molecule has 0 saturated carbocycles. The van der Waals surface area contributed by atoms with E-state index in [2.05, 4.69) is 16.0 Å². The standard InChI is InChI=1S/C23H21N3O2S/c1-13-6-5-8-16(12-13)25-22(28)19-14(2)24-23(29)26-21(19)20-17-9-4-3-7-15(17)10-11-18(20)27/h3-12,21,27H,1-2H3,(H,25,28)(H2,24,26,29). The summed E-state index contributed by atoms with van der Waals surface area (Å²) >= 11 is 5.34. The van der Waals surface area contributed by atoms with Gasteiger partial charge in [-0.05, 0) is 60.6 Å². The Morgan fingerprint density at radius 3 is 2.66 bits per heavy atom. The number of amides is 1. The maximum atomic E-state index is 13.3. The second kappa shape index (κ2) is 7.56. The highest BCUT2D eigenvalue weighted by Crippen LogP contribution is 2.38. The van der Waals surface area contributed by atoms with E-state index in [1.54, 1.807) is 6.07 Å². The van der Waals surface area contributed by atoms with Crippen LogP contribution in [-0.2, 0) is 4.79 Å². The molecule has 1 heterocycles. The Morgan fingerprint density at radius 2 is 1.86 bits per heavy atom. The van der Waals surface area contributed by atoms with Crippen LogP contribution in [0.2, 0.25) is 0 Å². The number of carbonyl (C=O) groups is 1. The van der Waals surface area contributed by atoms with Crippen LogP contribution in [0.15, 0.2) is 71.9 Å². The Balaban J connectivity index is 1.82. The van der Waals surface area contributed by atoms with Crippen LogP contribution in [0.4, 0.5) is 5.69 Å². The van der Waals surface area contributed by atoms with Crippen molar-refractivity contribution >= 4 is 39.7 Å². The number of hydrogen-bond acceptors (Lipinski definition) is 3. The minimum absolute atomic E-state index is 0.111. The predicted octanol–water partition coefficient (Wildman–Crippen LogP) is 4.29. The van der Waals surface area contributed by atoms with E-state index in [0.717, 1.165) is 16.3 Å². The van der Waals surface area contributed by atoms with Gasteiger partial charge in [0.2, 0.25) is 0 Å². The van der Waals surface area contributed by atoms with E-state index >= 15 is 0 Å². The number of aryl methyl sites for hydroxylation is 1.